The Kier molecular flexibility index (Phi) is 6.12. The van der Waals surface area contributed by atoms with Crippen molar-refractivity contribution in [3.63, 3.8) is 0 Å². The smallest absolute Gasteiger partial charge is 0.337 e. The third kappa shape index (κ3) is 4.30. The Morgan fingerprint density at radius 2 is 2.07 bits per heavy atom. The molecule has 0 radical (unpaired) electrons. The van der Waals surface area contributed by atoms with Crippen molar-refractivity contribution in [1.29, 1.82) is 0 Å². The number of amides is 2. The maximum absolute atomic E-state index is 12.4. The SMILES string of the molecule is CCOC(=O)C1=C(CSc2nncn2-c2ccccc2)NC(=O)N[C@@H]1CC. The van der Waals surface area contributed by atoms with E-state index in [1.54, 1.807) is 13.3 Å². The molecule has 3 rings (SSSR count). The molecule has 1 aliphatic heterocycles. The van der Waals surface area contributed by atoms with E-state index in [4.69, 9.17) is 4.74 Å². The first-order valence-corrected chi connectivity index (χ1v) is 9.68. The monoisotopic (exact) mass is 387 g/mol. The Hall–Kier alpha value is -2.81. The van der Waals surface area contributed by atoms with Gasteiger partial charge in [-0.05, 0) is 25.5 Å². The molecule has 27 heavy (non-hydrogen) atoms. The van der Waals surface area contributed by atoms with Gasteiger partial charge >= 0.3 is 12.0 Å². The minimum atomic E-state index is -0.419. The Bertz CT molecular complexity index is 850. The lowest BCUT2D eigenvalue weighted by atomic mass is 10.0. The van der Waals surface area contributed by atoms with Crippen molar-refractivity contribution in [3.05, 3.63) is 47.9 Å². The molecule has 0 spiro atoms. The lowest BCUT2D eigenvalue weighted by molar-refractivity contribution is -0.139. The summed E-state index contributed by atoms with van der Waals surface area (Å²) in [6, 6.07) is 9.02. The summed E-state index contributed by atoms with van der Waals surface area (Å²) in [4.78, 5) is 24.4. The van der Waals surface area contributed by atoms with E-state index < -0.39 is 5.97 Å². The number of carbonyl (C=O) groups excluding carboxylic acids is 2. The highest BCUT2D eigenvalue weighted by Crippen LogP contribution is 2.25. The zero-order valence-electron chi connectivity index (χ0n) is 15.1. The molecular formula is C18H21N5O3S. The van der Waals surface area contributed by atoms with Crippen molar-refractivity contribution in [2.45, 2.75) is 31.5 Å². The largest absolute Gasteiger partial charge is 0.463 e. The van der Waals surface area contributed by atoms with Gasteiger partial charge in [-0.3, -0.25) is 4.57 Å². The van der Waals surface area contributed by atoms with Crippen molar-refractivity contribution in [1.82, 2.24) is 25.4 Å². The van der Waals surface area contributed by atoms with Crippen LogP contribution in [0.4, 0.5) is 4.79 Å². The van der Waals surface area contributed by atoms with Crippen molar-refractivity contribution in [2.75, 3.05) is 12.4 Å². The van der Waals surface area contributed by atoms with Crippen LogP contribution in [0.1, 0.15) is 20.3 Å². The number of rotatable bonds is 7. The summed E-state index contributed by atoms with van der Waals surface area (Å²) in [6.07, 6.45) is 2.23. The molecule has 142 valence electrons. The van der Waals surface area contributed by atoms with Crippen LogP contribution in [0.2, 0.25) is 0 Å². The van der Waals surface area contributed by atoms with E-state index in [1.165, 1.54) is 11.8 Å². The summed E-state index contributed by atoms with van der Waals surface area (Å²) in [5.74, 6) is -0.0548. The van der Waals surface area contributed by atoms with Crippen LogP contribution in [0.5, 0.6) is 0 Å². The van der Waals surface area contributed by atoms with Crippen LogP contribution in [-0.2, 0) is 9.53 Å². The quantitative estimate of drug-likeness (QED) is 0.559. The van der Waals surface area contributed by atoms with Crippen LogP contribution in [0.25, 0.3) is 5.69 Å². The number of para-hydroxylation sites is 1. The summed E-state index contributed by atoms with van der Waals surface area (Å²) in [5.41, 5.74) is 1.93. The van der Waals surface area contributed by atoms with Crippen LogP contribution < -0.4 is 10.6 Å². The fourth-order valence-corrected chi connectivity index (χ4v) is 3.70. The van der Waals surface area contributed by atoms with Crippen molar-refractivity contribution in [2.24, 2.45) is 0 Å². The summed E-state index contributed by atoms with van der Waals surface area (Å²) in [6.45, 7) is 3.94. The summed E-state index contributed by atoms with van der Waals surface area (Å²) >= 11 is 1.39. The predicted octanol–water partition coefficient (Wildman–Crippen LogP) is 2.27. The number of nitrogens with one attached hydrogen (secondary N) is 2. The number of hydrogen-bond acceptors (Lipinski definition) is 6. The molecular weight excluding hydrogens is 366 g/mol. The Balaban J connectivity index is 1.85. The number of hydrogen-bond donors (Lipinski definition) is 2. The number of benzene rings is 1. The number of ether oxygens (including phenoxy) is 1. The molecule has 2 N–H and O–H groups in total. The van der Waals surface area contributed by atoms with Gasteiger partial charge in [0.1, 0.15) is 6.33 Å². The van der Waals surface area contributed by atoms with E-state index in [0.29, 0.717) is 28.6 Å². The van der Waals surface area contributed by atoms with Gasteiger partial charge in [0.2, 0.25) is 0 Å². The highest BCUT2D eigenvalue weighted by atomic mass is 32.2. The molecule has 2 amide bonds. The van der Waals surface area contributed by atoms with Crippen LogP contribution in [0.3, 0.4) is 0 Å². The Morgan fingerprint density at radius 3 is 2.78 bits per heavy atom. The van der Waals surface area contributed by atoms with E-state index in [-0.39, 0.29) is 18.7 Å². The number of carbonyl (C=O) groups is 2. The highest BCUT2D eigenvalue weighted by Gasteiger charge is 2.31. The van der Waals surface area contributed by atoms with E-state index in [9.17, 15) is 9.59 Å². The third-order valence-corrected chi connectivity index (χ3v) is 5.01. The van der Waals surface area contributed by atoms with Crippen LogP contribution in [-0.4, -0.2) is 45.2 Å². The summed E-state index contributed by atoms with van der Waals surface area (Å²) in [7, 11) is 0. The molecule has 0 saturated carbocycles. The van der Waals surface area contributed by atoms with Crippen LogP contribution in [0.15, 0.2) is 53.1 Å². The minimum Gasteiger partial charge on any atom is -0.463 e. The second-order valence-electron chi connectivity index (χ2n) is 5.78. The number of urea groups is 1. The zero-order valence-corrected chi connectivity index (χ0v) is 16.0. The van der Waals surface area contributed by atoms with Gasteiger partial charge in [-0.2, -0.15) is 0 Å². The zero-order chi connectivity index (χ0) is 19.2. The number of thioether (sulfide) groups is 1. The molecule has 9 heteroatoms. The topological polar surface area (TPSA) is 98.1 Å². The van der Waals surface area contributed by atoms with Gasteiger partial charge in [0.05, 0.1) is 18.2 Å². The van der Waals surface area contributed by atoms with E-state index in [2.05, 4.69) is 20.8 Å². The molecule has 0 bridgehead atoms. The molecule has 1 aromatic heterocycles. The van der Waals surface area contributed by atoms with Gasteiger partial charge in [-0.25, -0.2) is 9.59 Å². The fraction of sp³-hybridized carbons (Fsp3) is 0.333. The van der Waals surface area contributed by atoms with Crippen molar-refractivity contribution >= 4 is 23.8 Å². The normalized spacial score (nSPS) is 16.7. The molecule has 2 heterocycles. The molecule has 8 nitrogen and oxygen atoms in total. The van der Waals surface area contributed by atoms with Gasteiger partial charge in [0.25, 0.3) is 0 Å². The van der Waals surface area contributed by atoms with Crippen LogP contribution >= 0.6 is 11.8 Å². The average Bonchev–Trinajstić information content (AvgIpc) is 3.15. The molecule has 0 fully saturated rings. The molecule has 0 unspecified atom stereocenters. The average molecular weight is 387 g/mol. The summed E-state index contributed by atoms with van der Waals surface area (Å²) < 4.78 is 7.04. The second kappa shape index (κ2) is 8.72. The highest BCUT2D eigenvalue weighted by molar-refractivity contribution is 7.99. The van der Waals surface area contributed by atoms with Gasteiger partial charge in [0, 0.05) is 17.1 Å². The number of aromatic nitrogens is 3. The van der Waals surface area contributed by atoms with Crippen LogP contribution in [0, 0.1) is 0 Å². The Morgan fingerprint density at radius 1 is 1.30 bits per heavy atom. The van der Waals surface area contributed by atoms with Gasteiger partial charge < -0.3 is 15.4 Å². The first-order valence-electron chi connectivity index (χ1n) is 8.70. The molecule has 0 saturated heterocycles. The molecule has 1 aromatic carbocycles. The van der Waals surface area contributed by atoms with E-state index >= 15 is 0 Å². The molecule has 1 aliphatic rings. The fourth-order valence-electron chi connectivity index (χ4n) is 2.80. The van der Waals surface area contributed by atoms with E-state index in [0.717, 1.165) is 5.69 Å². The Labute approximate surface area is 161 Å². The van der Waals surface area contributed by atoms with Crippen molar-refractivity contribution in [3.8, 4) is 5.69 Å². The molecule has 1 atom stereocenters. The van der Waals surface area contributed by atoms with Crippen molar-refractivity contribution < 1.29 is 14.3 Å². The predicted molar refractivity (Wildman–Crippen MR) is 101 cm³/mol. The first kappa shape index (κ1) is 19.0. The van der Waals surface area contributed by atoms with Gasteiger partial charge in [0.15, 0.2) is 5.16 Å². The number of esters is 1. The maximum Gasteiger partial charge on any atom is 0.337 e. The lowest BCUT2D eigenvalue weighted by Gasteiger charge is -2.28. The maximum atomic E-state index is 12.4. The molecule has 0 aliphatic carbocycles. The second-order valence-corrected chi connectivity index (χ2v) is 6.72. The summed E-state index contributed by atoms with van der Waals surface area (Å²) in [5, 5.41) is 14.3. The molecule has 2 aromatic rings. The van der Waals surface area contributed by atoms with Gasteiger partial charge in [-0.15, -0.1) is 10.2 Å². The number of nitrogens with zero attached hydrogens (tertiary/aromatic N) is 3. The third-order valence-electron chi connectivity index (χ3n) is 4.04. The minimum absolute atomic E-state index is 0.273. The standard InChI is InChI=1S/C18H21N5O3S/c1-3-13-15(16(24)26-4-2)14(21-17(25)20-13)10-27-18-22-19-11-23(18)12-8-6-5-7-9-12/h5-9,11,13H,3-4,10H2,1-2H3,(H2,20,21,25)/t13-/m1/s1. The van der Waals surface area contributed by atoms with E-state index in [1.807, 2.05) is 41.8 Å². The van der Waals surface area contributed by atoms with Gasteiger partial charge in [-0.1, -0.05) is 36.9 Å². The lowest BCUT2D eigenvalue weighted by Crippen LogP contribution is -2.50. The first-order chi connectivity index (χ1) is 13.1.